The molecule has 1 heterocycles. The fraction of sp³-hybridized carbons (Fsp3) is 0.227. The average molecular weight is 349 g/mol. The topological polar surface area (TPSA) is 51.6 Å². The second-order valence-corrected chi connectivity index (χ2v) is 5.79. The van der Waals surface area contributed by atoms with Gasteiger partial charge in [0.05, 0.1) is 13.2 Å². The molecule has 0 unspecified atom stereocenters. The lowest BCUT2D eigenvalue weighted by atomic mass is 9.84. The molecule has 0 saturated heterocycles. The fourth-order valence-electron chi connectivity index (χ4n) is 3.15. The van der Waals surface area contributed by atoms with Crippen LogP contribution in [0.5, 0.6) is 17.4 Å². The minimum atomic E-state index is -0.255. The van der Waals surface area contributed by atoms with Crippen molar-refractivity contribution in [1.82, 2.24) is 4.98 Å². The van der Waals surface area contributed by atoms with Crippen LogP contribution in [-0.4, -0.2) is 23.3 Å². The highest BCUT2D eigenvalue weighted by molar-refractivity contribution is 5.54. The van der Waals surface area contributed by atoms with Crippen molar-refractivity contribution in [2.24, 2.45) is 0 Å². The first-order valence-electron chi connectivity index (χ1n) is 8.83. The van der Waals surface area contributed by atoms with Gasteiger partial charge < -0.3 is 14.6 Å². The van der Waals surface area contributed by atoms with Gasteiger partial charge in [0.25, 0.3) is 0 Å². The van der Waals surface area contributed by atoms with Gasteiger partial charge in [-0.15, -0.1) is 0 Å². The van der Waals surface area contributed by atoms with E-state index in [2.05, 4.69) is 4.98 Å². The largest absolute Gasteiger partial charge is 0.494 e. The third kappa shape index (κ3) is 3.64. The highest BCUT2D eigenvalue weighted by Crippen LogP contribution is 2.43. The van der Waals surface area contributed by atoms with Gasteiger partial charge in [-0.3, -0.25) is 0 Å². The summed E-state index contributed by atoms with van der Waals surface area (Å²) < 4.78 is 11.7. The van der Waals surface area contributed by atoms with Crippen molar-refractivity contribution < 1.29 is 14.6 Å². The predicted octanol–water partition coefficient (Wildman–Crippen LogP) is 4.76. The van der Waals surface area contributed by atoms with Gasteiger partial charge in [-0.05, 0) is 32.0 Å². The number of nitrogens with zero attached hydrogens (tertiary/aromatic N) is 1. The van der Waals surface area contributed by atoms with Gasteiger partial charge in [-0.25, -0.2) is 4.98 Å². The Kier molecular flexibility index (Phi) is 5.74. The summed E-state index contributed by atoms with van der Waals surface area (Å²) in [7, 11) is 0. The summed E-state index contributed by atoms with van der Waals surface area (Å²) >= 11 is 0. The van der Waals surface area contributed by atoms with Crippen molar-refractivity contribution in [3.63, 3.8) is 0 Å². The zero-order valence-electron chi connectivity index (χ0n) is 15.1. The van der Waals surface area contributed by atoms with Gasteiger partial charge in [0.15, 0.2) is 0 Å². The van der Waals surface area contributed by atoms with E-state index >= 15 is 0 Å². The lowest BCUT2D eigenvalue weighted by Crippen LogP contribution is -2.09. The third-order valence-electron chi connectivity index (χ3n) is 4.19. The van der Waals surface area contributed by atoms with Crippen LogP contribution in [0.25, 0.3) is 0 Å². The zero-order valence-corrected chi connectivity index (χ0v) is 15.1. The minimum Gasteiger partial charge on any atom is -0.494 e. The zero-order chi connectivity index (χ0) is 18.4. The Morgan fingerprint density at radius 2 is 1.27 bits per heavy atom. The first-order valence-corrected chi connectivity index (χ1v) is 8.83. The monoisotopic (exact) mass is 349 g/mol. The minimum absolute atomic E-state index is 0.00935. The van der Waals surface area contributed by atoms with E-state index in [1.807, 2.05) is 74.5 Å². The SMILES string of the molecule is CCOc1ccccc1C(c1ccccc1OCC)c1cccnc1O. The Labute approximate surface area is 154 Å². The maximum absolute atomic E-state index is 10.5. The van der Waals surface area contributed by atoms with E-state index in [0.29, 0.717) is 18.8 Å². The van der Waals surface area contributed by atoms with Crippen molar-refractivity contribution in [2.75, 3.05) is 13.2 Å². The van der Waals surface area contributed by atoms with Crippen molar-refractivity contribution in [3.8, 4) is 17.4 Å². The van der Waals surface area contributed by atoms with Crippen LogP contribution < -0.4 is 9.47 Å². The maximum Gasteiger partial charge on any atom is 0.214 e. The number of aromatic hydroxyl groups is 1. The van der Waals surface area contributed by atoms with Crippen LogP contribution in [-0.2, 0) is 0 Å². The van der Waals surface area contributed by atoms with Gasteiger partial charge in [-0.2, -0.15) is 0 Å². The Hall–Kier alpha value is -3.01. The van der Waals surface area contributed by atoms with E-state index in [-0.39, 0.29) is 11.8 Å². The summed E-state index contributed by atoms with van der Waals surface area (Å²) in [5.41, 5.74) is 2.64. The number of pyridine rings is 1. The van der Waals surface area contributed by atoms with Gasteiger partial charge in [0, 0.05) is 28.8 Å². The number of rotatable bonds is 7. The molecule has 0 aliphatic rings. The van der Waals surface area contributed by atoms with E-state index in [9.17, 15) is 5.11 Å². The molecule has 0 saturated carbocycles. The van der Waals surface area contributed by atoms with Crippen LogP contribution in [0, 0.1) is 0 Å². The van der Waals surface area contributed by atoms with Crippen molar-refractivity contribution in [1.29, 1.82) is 0 Å². The molecule has 0 atom stereocenters. The van der Waals surface area contributed by atoms with E-state index in [4.69, 9.17) is 9.47 Å². The van der Waals surface area contributed by atoms with E-state index in [0.717, 1.165) is 22.6 Å². The van der Waals surface area contributed by atoms with Crippen molar-refractivity contribution >= 4 is 0 Å². The summed E-state index contributed by atoms with van der Waals surface area (Å²) in [4.78, 5) is 4.08. The molecule has 0 spiro atoms. The standard InChI is InChI=1S/C22H23NO3/c1-3-25-19-13-7-5-10-16(19)21(18-12-9-15-23-22(18)24)17-11-6-8-14-20(17)26-4-2/h5-15,21H,3-4H2,1-2H3,(H,23,24). The normalized spacial score (nSPS) is 10.7. The highest BCUT2D eigenvalue weighted by atomic mass is 16.5. The van der Waals surface area contributed by atoms with Crippen LogP contribution >= 0.6 is 0 Å². The molecule has 0 amide bonds. The van der Waals surface area contributed by atoms with Crippen LogP contribution in [0.4, 0.5) is 0 Å². The number of ether oxygens (including phenoxy) is 2. The van der Waals surface area contributed by atoms with Crippen LogP contribution in [0.15, 0.2) is 66.9 Å². The number of hydrogen-bond acceptors (Lipinski definition) is 4. The summed E-state index contributed by atoms with van der Waals surface area (Å²) in [6, 6.07) is 19.5. The van der Waals surface area contributed by atoms with Gasteiger partial charge in [0.1, 0.15) is 11.5 Å². The quantitative estimate of drug-likeness (QED) is 0.668. The first kappa shape index (κ1) is 17.8. The molecule has 2 aromatic carbocycles. The summed E-state index contributed by atoms with van der Waals surface area (Å²) in [5.74, 6) is 1.33. The Morgan fingerprint density at radius 1 is 0.769 bits per heavy atom. The molecule has 1 N–H and O–H groups in total. The molecule has 0 radical (unpaired) electrons. The van der Waals surface area contributed by atoms with E-state index in [1.54, 1.807) is 6.20 Å². The van der Waals surface area contributed by atoms with Crippen LogP contribution in [0.3, 0.4) is 0 Å². The van der Waals surface area contributed by atoms with E-state index in [1.165, 1.54) is 0 Å². The number of para-hydroxylation sites is 2. The number of benzene rings is 2. The highest BCUT2D eigenvalue weighted by Gasteiger charge is 2.26. The lowest BCUT2D eigenvalue weighted by molar-refractivity contribution is 0.331. The average Bonchev–Trinajstić information content (AvgIpc) is 2.66. The molecule has 0 bridgehead atoms. The maximum atomic E-state index is 10.5. The molecule has 3 rings (SSSR count). The molecule has 134 valence electrons. The third-order valence-corrected chi connectivity index (χ3v) is 4.19. The summed E-state index contributed by atoms with van der Waals surface area (Å²) in [6.07, 6.45) is 1.58. The number of hydrogen-bond donors (Lipinski definition) is 1. The molecule has 0 fully saturated rings. The molecule has 0 aliphatic carbocycles. The lowest BCUT2D eigenvalue weighted by Gasteiger charge is -2.23. The Balaban J connectivity index is 2.24. The molecule has 1 aromatic heterocycles. The van der Waals surface area contributed by atoms with Crippen molar-refractivity contribution in [2.45, 2.75) is 19.8 Å². The molecular weight excluding hydrogens is 326 g/mol. The molecular formula is C22H23NO3. The first-order chi connectivity index (χ1) is 12.8. The van der Waals surface area contributed by atoms with Crippen molar-refractivity contribution in [3.05, 3.63) is 83.6 Å². The van der Waals surface area contributed by atoms with Crippen LogP contribution in [0.1, 0.15) is 36.5 Å². The molecule has 26 heavy (non-hydrogen) atoms. The number of aromatic nitrogens is 1. The smallest absolute Gasteiger partial charge is 0.214 e. The predicted molar refractivity (Wildman–Crippen MR) is 102 cm³/mol. The van der Waals surface area contributed by atoms with Gasteiger partial charge in [-0.1, -0.05) is 42.5 Å². The van der Waals surface area contributed by atoms with Crippen LogP contribution in [0.2, 0.25) is 0 Å². The second kappa shape index (κ2) is 8.39. The fourth-order valence-corrected chi connectivity index (χ4v) is 3.15. The second-order valence-electron chi connectivity index (χ2n) is 5.79. The molecule has 0 aliphatic heterocycles. The van der Waals surface area contributed by atoms with E-state index < -0.39 is 0 Å². The molecule has 3 aromatic rings. The molecule has 4 nitrogen and oxygen atoms in total. The molecule has 4 heteroatoms. The van der Waals surface area contributed by atoms with Gasteiger partial charge >= 0.3 is 0 Å². The Morgan fingerprint density at radius 3 is 1.77 bits per heavy atom. The summed E-state index contributed by atoms with van der Waals surface area (Å²) in [6.45, 7) is 5.05. The summed E-state index contributed by atoms with van der Waals surface area (Å²) in [5, 5.41) is 10.5. The van der Waals surface area contributed by atoms with Gasteiger partial charge in [0.2, 0.25) is 5.88 Å². The Bertz CT molecular complexity index is 814.